The first-order valence-corrected chi connectivity index (χ1v) is 5.48. The van der Waals surface area contributed by atoms with Crippen LogP contribution in [0.15, 0.2) is 15.8 Å². The van der Waals surface area contributed by atoms with Crippen molar-refractivity contribution in [2.45, 2.75) is 38.1 Å². The second kappa shape index (κ2) is 4.35. The molecule has 0 saturated heterocycles. The standard InChI is InChI=1S/C11H13N3O2/c12-6-8-7-14(11(16)13-10(8)15)9-4-2-1-3-5-9/h7,9H,1-5H2,(H,13,15,16). The molecule has 5 nitrogen and oxygen atoms in total. The number of nitrogens with zero attached hydrogens (tertiary/aromatic N) is 2. The van der Waals surface area contributed by atoms with Crippen molar-refractivity contribution >= 4 is 0 Å². The Labute approximate surface area is 92.3 Å². The Hall–Kier alpha value is -1.83. The van der Waals surface area contributed by atoms with Gasteiger partial charge in [0.05, 0.1) is 0 Å². The van der Waals surface area contributed by atoms with Crippen molar-refractivity contribution in [1.29, 1.82) is 5.26 Å². The van der Waals surface area contributed by atoms with Crippen LogP contribution in [0.5, 0.6) is 0 Å². The molecule has 1 saturated carbocycles. The van der Waals surface area contributed by atoms with Crippen molar-refractivity contribution in [3.05, 3.63) is 32.6 Å². The van der Waals surface area contributed by atoms with Crippen LogP contribution >= 0.6 is 0 Å². The Morgan fingerprint density at radius 3 is 2.62 bits per heavy atom. The van der Waals surface area contributed by atoms with E-state index in [4.69, 9.17) is 5.26 Å². The van der Waals surface area contributed by atoms with Crippen LogP contribution in [0.4, 0.5) is 0 Å². The monoisotopic (exact) mass is 219 g/mol. The number of aromatic nitrogens is 2. The molecule has 1 heterocycles. The van der Waals surface area contributed by atoms with E-state index < -0.39 is 11.2 Å². The Balaban J connectivity index is 2.44. The van der Waals surface area contributed by atoms with E-state index in [1.54, 1.807) is 6.07 Å². The molecular weight excluding hydrogens is 206 g/mol. The lowest BCUT2D eigenvalue weighted by atomic mass is 9.95. The van der Waals surface area contributed by atoms with Crippen molar-refractivity contribution in [2.24, 2.45) is 0 Å². The lowest BCUT2D eigenvalue weighted by Gasteiger charge is -2.23. The maximum atomic E-state index is 11.6. The lowest BCUT2D eigenvalue weighted by molar-refractivity contribution is 0.342. The van der Waals surface area contributed by atoms with Crippen LogP contribution < -0.4 is 11.2 Å². The fraction of sp³-hybridized carbons (Fsp3) is 0.545. The fourth-order valence-electron chi connectivity index (χ4n) is 2.20. The summed E-state index contributed by atoms with van der Waals surface area (Å²) in [6.07, 6.45) is 6.65. The smallest absolute Gasteiger partial charge is 0.296 e. The van der Waals surface area contributed by atoms with Gasteiger partial charge in [-0.2, -0.15) is 5.26 Å². The highest BCUT2D eigenvalue weighted by Gasteiger charge is 2.17. The number of H-pyrrole nitrogens is 1. The average molecular weight is 219 g/mol. The van der Waals surface area contributed by atoms with Gasteiger partial charge in [0.2, 0.25) is 0 Å². The number of hydrogen-bond donors (Lipinski definition) is 1. The van der Waals surface area contributed by atoms with Crippen molar-refractivity contribution in [1.82, 2.24) is 9.55 Å². The third-order valence-corrected chi connectivity index (χ3v) is 3.06. The molecule has 0 atom stereocenters. The molecule has 84 valence electrons. The zero-order valence-corrected chi connectivity index (χ0v) is 8.90. The van der Waals surface area contributed by atoms with Gasteiger partial charge in [0.1, 0.15) is 11.6 Å². The van der Waals surface area contributed by atoms with Crippen molar-refractivity contribution < 1.29 is 0 Å². The second-order valence-electron chi connectivity index (χ2n) is 4.11. The normalized spacial score (nSPS) is 16.9. The SMILES string of the molecule is N#Cc1cn(C2CCCCC2)c(=O)[nH]c1=O. The third-order valence-electron chi connectivity index (χ3n) is 3.06. The summed E-state index contributed by atoms with van der Waals surface area (Å²) in [4.78, 5) is 25.0. The van der Waals surface area contributed by atoms with Crippen LogP contribution in [0.25, 0.3) is 0 Å². The first-order valence-electron chi connectivity index (χ1n) is 5.48. The minimum atomic E-state index is -0.598. The zero-order chi connectivity index (χ0) is 11.5. The summed E-state index contributed by atoms with van der Waals surface area (Å²) in [5, 5.41) is 8.75. The van der Waals surface area contributed by atoms with Gasteiger partial charge < -0.3 is 0 Å². The molecule has 0 radical (unpaired) electrons. The van der Waals surface area contributed by atoms with E-state index in [9.17, 15) is 9.59 Å². The Kier molecular flexibility index (Phi) is 2.91. The maximum Gasteiger partial charge on any atom is 0.328 e. The largest absolute Gasteiger partial charge is 0.328 e. The highest BCUT2D eigenvalue weighted by molar-refractivity contribution is 5.21. The van der Waals surface area contributed by atoms with Crippen LogP contribution in [0.2, 0.25) is 0 Å². The molecular formula is C11H13N3O2. The molecule has 16 heavy (non-hydrogen) atoms. The summed E-state index contributed by atoms with van der Waals surface area (Å²) in [5.74, 6) is 0. The number of nitrogens with one attached hydrogen (secondary N) is 1. The summed E-state index contributed by atoms with van der Waals surface area (Å²) in [7, 11) is 0. The van der Waals surface area contributed by atoms with E-state index in [1.807, 2.05) is 0 Å². The van der Waals surface area contributed by atoms with Gasteiger partial charge >= 0.3 is 5.69 Å². The van der Waals surface area contributed by atoms with Gasteiger partial charge in [-0.05, 0) is 12.8 Å². The molecule has 1 aromatic rings. The van der Waals surface area contributed by atoms with Crippen LogP contribution in [-0.2, 0) is 0 Å². The summed E-state index contributed by atoms with van der Waals surface area (Å²) < 4.78 is 1.50. The van der Waals surface area contributed by atoms with Crippen LogP contribution in [0.3, 0.4) is 0 Å². The quantitative estimate of drug-likeness (QED) is 0.762. The predicted molar refractivity (Wildman–Crippen MR) is 58.2 cm³/mol. The molecule has 1 aliphatic rings. The highest BCUT2D eigenvalue weighted by Crippen LogP contribution is 2.26. The molecule has 0 unspecified atom stereocenters. The predicted octanol–water partition coefficient (Wildman–Crippen LogP) is 0.913. The molecule has 1 fully saturated rings. The fourth-order valence-corrected chi connectivity index (χ4v) is 2.20. The van der Waals surface area contributed by atoms with Gasteiger partial charge in [-0.15, -0.1) is 0 Å². The van der Waals surface area contributed by atoms with E-state index in [-0.39, 0.29) is 11.6 Å². The van der Waals surface area contributed by atoms with E-state index >= 15 is 0 Å². The van der Waals surface area contributed by atoms with E-state index in [0.29, 0.717) is 0 Å². The molecule has 0 aromatic carbocycles. The second-order valence-corrected chi connectivity index (χ2v) is 4.11. The van der Waals surface area contributed by atoms with Crippen molar-refractivity contribution in [3.8, 4) is 6.07 Å². The number of rotatable bonds is 1. The van der Waals surface area contributed by atoms with Crippen molar-refractivity contribution in [2.75, 3.05) is 0 Å². The summed E-state index contributed by atoms with van der Waals surface area (Å²) in [6, 6.07) is 1.93. The zero-order valence-electron chi connectivity index (χ0n) is 8.90. The first kappa shape index (κ1) is 10.7. The molecule has 0 aliphatic heterocycles. The first-order chi connectivity index (χ1) is 7.72. The summed E-state index contributed by atoms with van der Waals surface area (Å²) in [5.41, 5.74) is -0.999. The van der Waals surface area contributed by atoms with Gasteiger partial charge in [0, 0.05) is 12.2 Å². The molecule has 5 heteroatoms. The van der Waals surface area contributed by atoms with Gasteiger partial charge in [-0.1, -0.05) is 19.3 Å². The molecule has 1 aliphatic carbocycles. The maximum absolute atomic E-state index is 11.6. The molecule has 1 N–H and O–H groups in total. The lowest BCUT2D eigenvalue weighted by Crippen LogP contribution is -2.34. The van der Waals surface area contributed by atoms with Crippen LogP contribution in [-0.4, -0.2) is 9.55 Å². The minimum Gasteiger partial charge on any atom is -0.296 e. The number of hydrogen-bond acceptors (Lipinski definition) is 3. The van der Waals surface area contributed by atoms with Crippen LogP contribution in [0, 0.1) is 11.3 Å². The highest BCUT2D eigenvalue weighted by atomic mass is 16.2. The topological polar surface area (TPSA) is 78.7 Å². The van der Waals surface area contributed by atoms with Gasteiger partial charge in [0.15, 0.2) is 0 Å². The van der Waals surface area contributed by atoms with Crippen molar-refractivity contribution in [3.63, 3.8) is 0 Å². The van der Waals surface area contributed by atoms with Gasteiger partial charge in [-0.3, -0.25) is 14.3 Å². The average Bonchev–Trinajstić information content (AvgIpc) is 2.30. The molecule has 2 rings (SSSR count). The Morgan fingerprint density at radius 1 is 1.31 bits per heavy atom. The van der Waals surface area contributed by atoms with Crippen LogP contribution in [0.1, 0.15) is 43.7 Å². The summed E-state index contributed by atoms with van der Waals surface area (Å²) in [6.45, 7) is 0. The van der Waals surface area contributed by atoms with Gasteiger partial charge in [-0.25, -0.2) is 4.79 Å². The third kappa shape index (κ3) is 1.91. The summed E-state index contributed by atoms with van der Waals surface area (Å²) >= 11 is 0. The molecule has 0 spiro atoms. The minimum absolute atomic E-state index is 0.00479. The van der Waals surface area contributed by atoms with E-state index in [2.05, 4.69) is 4.98 Å². The Bertz CT molecular complexity index is 529. The number of aromatic amines is 1. The van der Waals surface area contributed by atoms with E-state index in [0.717, 1.165) is 25.7 Å². The Morgan fingerprint density at radius 2 is 2.00 bits per heavy atom. The van der Waals surface area contributed by atoms with E-state index in [1.165, 1.54) is 17.2 Å². The molecule has 0 bridgehead atoms. The number of nitriles is 1. The molecule has 1 aromatic heterocycles. The van der Waals surface area contributed by atoms with Gasteiger partial charge in [0.25, 0.3) is 5.56 Å². The molecule has 0 amide bonds.